The molecule has 0 radical (unpaired) electrons. The molecule has 0 aromatic heterocycles. The minimum atomic E-state index is 0.141. The van der Waals surface area contributed by atoms with Gasteiger partial charge in [0.25, 0.3) is 0 Å². The summed E-state index contributed by atoms with van der Waals surface area (Å²) in [6, 6.07) is 0. The molecule has 1 fully saturated rings. The molecule has 1 heterocycles. The first-order valence-corrected chi connectivity index (χ1v) is 8.01. The van der Waals surface area contributed by atoms with Gasteiger partial charge in [-0.05, 0) is 19.5 Å². The van der Waals surface area contributed by atoms with Crippen molar-refractivity contribution in [1.29, 1.82) is 0 Å². The fraction of sp³-hybridized carbons (Fsp3) is 0.857. The Morgan fingerprint density at radius 2 is 1.81 bits per heavy atom. The summed E-state index contributed by atoms with van der Waals surface area (Å²) in [4.78, 5) is 18.8. The van der Waals surface area contributed by atoms with E-state index in [4.69, 9.17) is 23.1 Å². The summed E-state index contributed by atoms with van der Waals surface area (Å²) in [5.41, 5.74) is 5.45. The molecule has 0 aromatic rings. The van der Waals surface area contributed by atoms with E-state index in [2.05, 4.69) is 9.80 Å². The summed E-state index contributed by atoms with van der Waals surface area (Å²) in [5, 5.41) is 8.98. The lowest BCUT2D eigenvalue weighted by Crippen LogP contribution is -2.36. The third-order valence-electron chi connectivity index (χ3n) is 3.86. The largest absolute Gasteiger partial charge is 0.395 e. The molecule has 122 valence electrons. The predicted octanol–water partition coefficient (Wildman–Crippen LogP) is -0.489. The Morgan fingerprint density at radius 1 is 1.19 bits per heavy atom. The summed E-state index contributed by atoms with van der Waals surface area (Å²) in [7, 11) is 1.80. The van der Waals surface area contributed by atoms with Crippen LogP contribution in [0.25, 0.3) is 0 Å². The second kappa shape index (κ2) is 10.0. The lowest BCUT2D eigenvalue weighted by Gasteiger charge is -2.22. The number of nitrogens with two attached hydrogens (primary N) is 1. The zero-order valence-electron chi connectivity index (χ0n) is 13.0. The van der Waals surface area contributed by atoms with Crippen LogP contribution in [0.15, 0.2) is 0 Å². The smallest absolute Gasteiger partial charge is 0.223 e. The lowest BCUT2D eigenvalue weighted by atomic mass is 10.3. The molecule has 7 heteroatoms. The number of thiocarbonyl (C=S) groups is 1. The normalized spacial score (nSPS) is 17.4. The average molecular weight is 316 g/mol. The van der Waals surface area contributed by atoms with Gasteiger partial charge in [0.1, 0.15) is 0 Å². The molecule has 0 unspecified atom stereocenters. The standard InChI is InChI=1S/C14H28N4O2S/c1-16(7-3-13(15)21)14(20)4-8-17-5-2-6-18(10-9-17)11-12-19/h19H,2-12H2,1H3,(H2,15,21). The maximum atomic E-state index is 12.0. The van der Waals surface area contributed by atoms with Gasteiger partial charge in [-0.1, -0.05) is 12.2 Å². The first-order chi connectivity index (χ1) is 10.0. The highest BCUT2D eigenvalue weighted by Crippen LogP contribution is 2.04. The molecule has 1 amide bonds. The van der Waals surface area contributed by atoms with Crippen molar-refractivity contribution in [3.63, 3.8) is 0 Å². The second-order valence-electron chi connectivity index (χ2n) is 5.54. The molecule has 0 spiro atoms. The maximum Gasteiger partial charge on any atom is 0.223 e. The third kappa shape index (κ3) is 7.71. The minimum Gasteiger partial charge on any atom is -0.395 e. The number of hydrogen-bond donors (Lipinski definition) is 2. The van der Waals surface area contributed by atoms with Crippen LogP contribution in [-0.4, -0.2) is 90.2 Å². The van der Waals surface area contributed by atoms with Crippen molar-refractivity contribution in [3.05, 3.63) is 0 Å². The number of hydrogen-bond acceptors (Lipinski definition) is 5. The summed E-state index contributed by atoms with van der Waals surface area (Å²) in [6.07, 6.45) is 2.21. The van der Waals surface area contributed by atoms with E-state index in [1.54, 1.807) is 11.9 Å². The SMILES string of the molecule is CN(CCC(N)=S)C(=O)CCN1CCCN(CCO)CC1. The van der Waals surface area contributed by atoms with Gasteiger partial charge in [-0.2, -0.15) is 0 Å². The van der Waals surface area contributed by atoms with E-state index in [9.17, 15) is 4.79 Å². The van der Waals surface area contributed by atoms with Gasteiger partial charge in [0, 0.05) is 52.6 Å². The van der Waals surface area contributed by atoms with Crippen molar-refractivity contribution >= 4 is 23.1 Å². The Hall–Kier alpha value is -0.760. The van der Waals surface area contributed by atoms with E-state index >= 15 is 0 Å². The first-order valence-electron chi connectivity index (χ1n) is 7.60. The molecule has 0 bridgehead atoms. The quantitative estimate of drug-likeness (QED) is 0.589. The van der Waals surface area contributed by atoms with E-state index in [0.717, 1.165) is 45.7 Å². The van der Waals surface area contributed by atoms with Crippen LogP contribution >= 0.6 is 12.2 Å². The van der Waals surface area contributed by atoms with Gasteiger partial charge in [0.2, 0.25) is 5.91 Å². The highest BCUT2D eigenvalue weighted by Gasteiger charge is 2.16. The van der Waals surface area contributed by atoms with Crippen LogP contribution in [0.3, 0.4) is 0 Å². The number of nitrogens with zero attached hydrogens (tertiary/aromatic N) is 3. The van der Waals surface area contributed by atoms with Crippen LogP contribution in [0.2, 0.25) is 0 Å². The van der Waals surface area contributed by atoms with Gasteiger partial charge < -0.3 is 20.6 Å². The Morgan fingerprint density at radius 3 is 2.38 bits per heavy atom. The second-order valence-corrected chi connectivity index (χ2v) is 6.07. The lowest BCUT2D eigenvalue weighted by molar-refractivity contribution is -0.130. The molecule has 6 nitrogen and oxygen atoms in total. The first kappa shape index (κ1) is 18.3. The molecular weight excluding hydrogens is 288 g/mol. The van der Waals surface area contributed by atoms with Gasteiger partial charge in [0.15, 0.2) is 0 Å². The van der Waals surface area contributed by atoms with Crippen molar-refractivity contribution in [2.75, 3.05) is 59.5 Å². The molecule has 1 rings (SSSR count). The van der Waals surface area contributed by atoms with E-state index < -0.39 is 0 Å². The van der Waals surface area contributed by atoms with Crippen molar-refractivity contribution in [2.24, 2.45) is 5.73 Å². The van der Waals surface area contributed by atoms with Gasteiger partial charge in [-0.25, -0.2) is 0 Å². The average Bonchev–Trinajstić information content (AvgIpc) is 2.68. The van der Waals surface area contributed by atoms with Gasteiger partial charge in [-0.3, -0.25) is 9.69 Å². The molecule has 0 atom stereocenters. The minimum absolute atomic E-state index is 0.141. The number of rotatable bonds is 8. The number of aliphatic hydroxyl groups excluding tert-OH is 1. The fourth-order valence-electron chi connectivity index (χ4n) is 2.46. The van der Waals surface area contributed by atoms with E-state index in [0.29, 0.717) is 24.4 Å². The summed E-state index contributed by atoms with van der Waals surface area (Å²) in [5.74, 6) is 0.141. The zero-order chi connectivity index (χ0) is 15.7. The molecule has 1 saturated heterocycles. The molecule has 21 heavy (non-hydrogen) atoms. The monoisotopic (exact) mass is 316 g/mol. The van der Waals surface area contributed by atoms with E-state index in [-0.39, 0.29) is 12.5 Å². The zero-order valence-corrected chi connectivity index (χ0v) is 13.8. The van der Waals surface area contributed by atoms with E-state index in [1.165, 1.54) is 0 Å². The highest BCUT2D eigenvalue weighted by atomic mass is 32.1. The Labute approximate surface area is 132 Å². The number of aliphatic hydroxyl groups is 1. The molecule has 3 N–H and O–H groups in total. The van der Waals surface area contributed by atoms with E-state index in [1.807, 2.05) is 0 Å². The fourth-order valence-corrected chi connectivity index (χ4v) is 2.55. The topological polar surface area (TPSA) is 73.0 Å². The van der Waals surface area contributed by atoms with Crippen molar-refractivity contribution in [2.45, 2.75) is 19.3 Å². The van der Waals surface area contributed by atoms with Gasteiger partial charge in [0.05, 0.1) is 11.6 Å². The maximum absolute atomic E-state index is 12.0. The number of amides is 1. The molecule has 0 aliphatic carbocycles. The predicted molar refractivity (Wildman–Crippen MR) is 88.2 cm³/mol. The van der Waals surface area contributed by atoms with Gasteiger partial charge >= 0.3 is 0 Å². The summed E-state index contributed by atoms with van der Waals surface area (Å²) in [6.45, 7) is 6.32. The van der Waals surface area contributed by atoms with Crippen molar-refractivity contribution < 1.29 is 9.90 Å². The molecule has 1 aliphatic rings. The Kier molecular flexibility index (Phi) is 8.75. The summed E-state index contributed by atoms with van der Waals surface area (Å²) >= 11 is 4.82. The number of carbonyl (C=O) groups excluding carboxylic acids is 1. The van der Waals surface area contributed by atoms with Crippen LogP contribution in [-0.2, 0) is 4.79 Å². The molecule has 0 aromatic carbocycles. The third-order valence-corrected chi connectivity index (χ3v) is 4.06. The van der Waals surface area contributed by atoms with Crippen LogP contribution < -0.4 is 5.73 Å². The Balaban J connectivity index is 2.24. The molecular formula is C14H28N4O2S. The van der Waals surface area contributed by atoms with Crippen LogP contribution in [0.5, 0.6) is 0 Å². The number of β-amino-alcohol motifs (C(OH)–C–C–N with tert-alkyl or cyclic N) is 1. The van der Waals surface area contributed by atoms with Crippen LogP contribution in [0.4, 0.5) is 0 Å². The molecule has 0 saturated carbocycles. The highest BCUT2D eigenvalue weighted by molar-refractivity contribution is 7.80. The van der Waals surface area contributed by atoms with Crippen LogP contribution in [0, 0.1) is 0 Å². The van der Waals surface area contributed by atoms with Gasteiger partial charge in [-0.15, -0.1) is 0 Å². The summed E-state index contributed by atoms with van der Waals surface area (Å²) < 4.78 is 0. The van der Waals surface area contributed by atoms with Crippen LogP contribution in [0.1, 0.15) is 19.3 Å². The van der Waals surface area contributed by atoms with Crippen molar-refractivity contribution in [3.8, 4) is 0 Å². The molecule has 1 aliphatic heterocycles. The van der Waals surface area contributed by atoms with Crippen molar-refractivity contribution in [1.82, 2.24) is 14.7 Å². The Bertz CT molecular complexity index is 341. The number of carbonyl (C=O) groups is 1.